The summed E-state index contributed by atoms with van der Waals surface area (Å²) in [5.41, 5.74) is 10.4. The van der Waals surface area contributed by atoms with E-state index in [1.54, 1.807) is 36.8 Å². The van der Waals surface area contributed by atoms with Gasteiger partial charge in [-0.3, -0.25) is 28.9 Å². The van der Waals surface area contributed by atoms with E-state index < -0.39 is 0 Å². The molecule has 1 fully saturated rings. The highest BCUT2D eigenvalue weighted by Crippen LogP contribution is 2.22. The third-order valence-electron chi connectivity index (χ3n) is 7.11. The number of carbonyl (C=O) groups excluding carboxylic acids is 2. The first kappa shape index (κ1) is 28.9. The molecule has 0 saturated carbocycles. The number of amides is 2. The normalized spacial score (nSPS) is 16.0. The highest BCUT2D eigenvalue weighted by Gasteiger charge is 2.30. The third-order valence-corrected chi connectivity index (χ3v) is 7.11. The molecule has 4 heterocycles. The van der Waals surface area contributed by atoms with Gasteiger partial charge < -0.3 is 21.1 Å². The number of rotatable bonds is 9. The number of imidazole rings is 1. The number of carbonyl (C=O) groups is 2. The second kappa shape index (κ2) is 12.4. The Hall–Kier alpha value is -4.09. The summed E-state index contributed by atoms with van der Waals surface area (Å²) in [4.78, 5) is 41.8. The lowest BCUT2D eigenvalue weighted by Gasteiger charge is -2.42. The first-order valence-electron chi connectivity index (χ1n) is 13.4. The summed E-state index contributed by atoms with van der Waals surface area (Å²) in [7, 11) is 1.68. The molecule has 4 rings (SSSR count). The number of aliphatic imine (C=N–C) groups is 1. The number of nitrogens with two attached hydrogens (primary N) is 1. The Bertz CT molecular complexity index is 1460. The largest absolute Gasteiger partial charge is 0.404 e. The van der Waals surface area contributed by atoms with Crippen molar-refractivity contribution in [1.82, 2.24) is 24.6 Å². The number of pyridine rings is 2. The van der Waals surface area contributed by atoms with Gasteiger partial charge in [-0.25, -0.2) is 4.98 Å². The van der Waals surface area contributed by atoms with Gasteiger partial charge in [0.25, 0.3) is 11.8 Å². The molecule has 40 heavy (non-hydrogen) atoms. The van der Waals surface area contributed by atoms with Crippen molar-refractivity contribution in [3.63, 3.8) is 0 Å². The van der Waals surface area contributed by atoms with Crippen LogP contribution in [0.1, 0.15) is 58.6 Å². The number of fused-ring (bicyclic) bond motifs is 1. The van der Waals surface area contributed by atoms with E-state index in [0.717, 1.165) is 17.7 Å². The van der Waals surface area contributed by atoms with Crippen LogP contribution in [-0.2, 0) is 11.2 Å². The van der Waals surface area contributed by atoms with E-state index >= 15 is 0 Å². The Morgan fingerprint density at radius 3 is 2.75 bits per heavy atom. The van der Waals surface area contributed by atoms with Crippen LogP contribution >= 0.6 is 0 Å². The lowest BCUT2D eigenvalue weighted by Crippen LogP contribution is -2.54. The van der Waals surface area contributed by atoms with E-state index in [1.807, 2.05) is 19.1 Å². The smallest absolute Gasteiger partial charge is 0.274 e. The number of aromatic nitrogens is 3. The molecule has 1 saturated heterocycles. The lowest BCUT2D eigenvalue weighted by atomic mass is 10.0. The predicted octanol–water partition coefficient (Wildman–Crippen LogP) is 2.69. The molecule has 0 aromatic carbocycles. The molecule has 3 aromatic rings. The van der Waals surface area contributed by atoms with Crippen molar-refractivity contribution in [2.24, 2.45) is 10.7 Å². The van der Waals surface area contributed by atoms with Crippen molar-refractivity contribution in [2.75, 3.05) is 45.2 Å². The highest BCUT2D eigenvalue weighted by atomic mass is 16.5. The highest BCUT2D eigenvalue weighted by molar-refractivity contribution is 6.10. The van der Waals surface area contributed by atoms with Crippen LogP contribution in [0.5, 0.6) is 0 Å². The molecule has 11 heteroatoms. The lowest BCUT2D eigenvalue weighted by molar-refractivity contribution is -0.0498. The van der Waals surface area contributed by atoms with Gasteiger partial charge in [0.2, 0.25) is 0 Å². The van der Waals surface area contributed by atoms with E-state index in [2.05, 4.69) is 44.3 Å². The van der Waals surface area contributed by atoms with Gasteiger partial charge in [0.1, 0.15) is 11.3 Å². The predicted molar refractivity (Wildman–Crippen MR) is 157 cm³/mol. The van der Waals surface area contributed by atoms with Crippen LogP contribution in [0.25, 0.3) is 11.2 Å². The fourth-order valence-corrected chi connectivity index (χ4v) is 4.79. The number of ether oxygens (including phenoxy) is 1. The monoisotopic (exact) mass is 546 g/mol. The SMILES string of the molecule is CCc1nc2cc(/C(C=NC)=C/N)ccn2c1C(=O)Nc1cc(C(=O)NCCN2CCOCC2(C)C)cnc1C. The Kier molecular flexibility index (Phi) is 8.96. The molecule has 0 bridgehead atoms. The van der Waals surface area contributed by atoms with E-state index in [0.29, 0.717) is 66.7 Å². The fraction of sp³-hybridized carbons (Fsp3) is 0.414. The van der Waals surface area contributed by atoms with Crippen LogP contribution in [0.3, 0.4) is 0 Å². The van der Waals surface area contributed by atoms with E-state index in [9.17, 15) is 9.59 Å². The van der Waals surface area contributed by atoms with E-state index in [1.165, 1.54) is 12.4 Å². The van der Waals surface area contributed by atoms with Gasteiger partial charge in [0, 0.05) is 62.6 Å². The summed E-state index contributed by atoms with van der Waals surface area (Å²) in [6.07, 6.45) is 7.04. The second-order valence-corrected chi connectivity index (χ2v) is 10.3. The van der Waals surface area contributed by atoms with Crippen LogP contribution in [0.15, 0.2) is 41.8 Å². The quantitative estimate of drug-likeness (QED) is 0.351. The minimum atomic E-state index is -0.334. The summed E-state index contributed by atoms with van der Waals surface area (Å²) in [6, 6.07) is 5.39. The number of allylic oxidation sites excluding steroid dienone is 1. The van der Waals surface area contributed by atoms with Gasteiger partial charge in [-0.05, 0) is 51.0 Å². The Labute approximate surface area is 234 Å². The number of morpholine rings is 1. The Morgan fingerprint density at radius 1 is 1.25 bits per heavy atom. The summed E-state index contributed by atoms with van der Waals surface area (Å²) in [5.74, 6) is -0.580. The fourth-order valence-electron chi connectivity index (χ4n) is 4.79. The molecule has 1 aliphatic heterocycles. The summed E-state index contributed by atoms with van der Waals surface area (Å²) < 4.78 is 7.32. The standard InChI is InChI=1S/C29H38N8O3/c1-6-23-26(37-9-7-20(14-25(37)34-23)22(15-30)16-31-5)28(39)35-24-13-21(17-33-19(24)2)27(38)32-8-10-36-11-12-40-18-29(36,3)4/h7,9,13-17H,6,8,10-12,18,30H2,1-5H3,(H,32,38)(H,35,39)/b22-15+,31-16?. The maximum Gasteiger partial charge on any atom is 0.274 e. The minimum Gasteiger partial charge on any atom is -0.404 e. The van der Waals surface area contributed by atoms with Gasteiger partial charge in [0.05, 0.1) is 35.9 Å². The van der Waals surface area contributed by atoms with Gasteiger partial charge in [-0.1, -0.05) is 6.92 Å². The summed E-state index contributed by atoms with van der Waals surface area (Å²) in [6.45, 7) is 11.4. The van der Waals surface area contributed by atoms with Crippen molar-refractivity contribution < 1.29 is 14.3 Å². The first-order chi connectivity index (χ1) is 19.2. The van der Waals surface area contributed by atoms with Crippen molar-refractivity contribution in [1.29, 1.82) is 0 Å². The van der Waals surface area contributed by atoms with Crippen LogP contribution < -0.4 is 16.4 Å². The number of anilines is 1. The van der Waals surface area contributed by atoms with Crippen molar-refractivity contribution in [3.8, 4) is 0 Å². The van der Waals surface area contributed by atoms with Gasteiger partial charge in [-0.15, -0.1) is 0 Å². The number of nitrogens with one attached hydrogen (secondary N) is 2. The first-order valence-corrected chi connectivity index (χ1v) is 13.4. The van der Waals surface area contributed by atoms with Crippen molar-refractivity contribution >= 4 is 34.9 Å². The molecule has 11 nitrogen and oxygen atoms in total. The maximum absolute atomic E-state index is 13.5. The van der Waals surface area contributed by atoms with Gasteiger partial charge in [0.15, 0.2) is 0 Å². The number of aryl methyl sites for hydroxylation is 2. The molecule has 212 valence electrons. The van der Waals surface area contributed by atoms with Crippen LogP contribution in [0.2, 0.25) is 0 Å². The Balaban J connectivity index is 1.50. The zero-order valence-electron chi connectivity index (χ0n) is 23.8. The Morgan fingerprint density at radius 2 is 2.05 bits per heavy atom. The van der Waals surface area contributed by atoms with Gasteiger partial charge >= 0.3 is 0 Å². The summed E-state index contributed by atoms with van der Waals surface area (Å²) in [5, 5.41) is 5.92. The molecule has 3 aromatic heterocycles. The third kappa shape index (κ3) is 6.21. The topological polar surface area (TPSA) is 139 Å². The molecule has 0 spiro atoms. The number of hydrogen-bond acceptors (Lipinski definition) is 8. The molecule has 0 atom stereocenters. The molecular formula is C29H38N8O3. The van der Waals surface area contributed by atoms with E-state index in [-0.39, 0.29) is 17.4 Å². The molecule has 0 radical (unpaired) electrons. The van der Waals surface area contributed by atoms with Crippen LogP contribution in [0, 0.1) is 6.92 Å². The molecule has 1 aliphatic rings. The van der Waals surface area contributed by atoms with Crippen LogP contribution in [-0.4, -0.2) is 82.7 Å². The van der Waals surface area contributed by atoms with Crippen molar-refractivity contribution in [2.45, 2.75) is 39.7 Å². The van der Waals surface area contributed by atoms with Crippen molar-refractivity contribution in [3.05, 3.63) is 65.0 Å². The molecular weight excluding hydrogens is 508 g/mol. The number of hydrogen-bond donors (Lipinski definition) is 3. The summed E-state index contributed by atoms with van der Waals surface area (Å²) >= 11 is 0. The van der Waals surface area contributed by atoms with E-state index in [4.69, 9.17) is 10.5 Å². The molecule has 4 N–H and O–H groups in total. The minimum absolute atomic E-state index is 0.0736. The zero-order valence-corrected chi connectivity index (χ0v) is 23.8. The van der Waals surface area contributed by atoms with Crippen LogP contribution in [0.4, 0.5) is 5.69 Å². The number of nitrogens with zero attached hydrogens (tertiary/aromatic N) is 5. The second-order valence-electron chi connectivity index (χ2n) is 10.3. The average Bonchev–Trinajstić information content (AvgIpc) is 3.31. The zero-order chi connectivity index (χ0) is 28.9. The molecule has 0 aliphatic carbocycles. The molecule has 0 unspecified atom stereocenters. The van der Waals surface area contributed by atoms with Gasteiger partial charge in [-0.2, -0.15) is 0 Å². The maximum atomic E-state index is 13.5. The molecule has 2 amide bonds. The average molecular weight is 547 g/mol.